The highest BCUT2D eigenvalue weighted by atomic mass is 15.4. The van der Waals surface area contributed by atoms with Gasteiger partial charge in [0.25, 0.3) is 0 Å². The molecule has 0 aliphatic heterocycles. The van der Waals surface area contributed by atoms with Gasteiger partial charge in [-0.2, -0.15) is 15.0 Å². The quantitative estimate of drug-likeness (QED) is 0.545. The van der Waals surface area contributed by atoms with E-state index >= 15 is 0 Å². The molecule has 0 saturated heterocycles. The van der Waals surface area contributed by atoms with Crippen molar-refractivity contribution in [2.45, 2.75) is 51.5 Å². The Labute approximate surface area is 126 Å². The van der Waals surface area contributed by atoms with Crippen LogP contribution >= 0.6 is 0 Å². The van der Waals surface area contributed by atoms with Gasteiger partial charge in [-0.1, -0.05) is 19.8 Å². The summed E-state index contributed by atoms with van der Waals surface area (Å²) in [7, 11) is 3.80. The third-order valence-electron chi connectivity index (χ3n) is 4.03. The maximum Gasteiger partial charge on any atom is 0.243 e. The van der Waals surface area contributed by atoms with Gasteiger partial charge in [0, 0.05) is 20.1 Å². The Hall–Kier alpha value is -1.63. The number of hydrogen-bond donors (Lipinski definition) is 3. The predicted octanol–water partition coefficient (Wildman–Crippen LogP) is 1.99. The molecule has 1 saturated carbocycles. The summed E-state index contributed by atoms with van der Waals surface area (Å²) in [5, 5.41) is 3.43. The molecule has 7 heteroatoms. The average molecular weight is 293 g/mol. The van der Waals surface area contributed by atoms with E-state index in [-0.39, 0.29) is 0 Å². The normalized spacial score (nSPS) is 21.9. The summed E-state index contributed by atoms with van der Waals surface area (Å²) in [6.07, 6.45) is 7.58. The zero-order chi connectivity index (χ0) is 15.2. The number of hydrogen-bond acceptors (Lipinski definition) is 7. The molecule has 0 aromatic carbocycles. The summed E-state index contributed by atoms with van der Waals surface area (Å²) < 4.78 is 0. The molecule has 4 N–H and O–H groups in total. The van der Waals surface area contributed by atoms with Gasteiger partial charge in [0.2, 0.25) is 17.8 Å². The molecule has 7 nitrogen and oxygen atoms in total. The van der Waals surface area contributed by atoms with Crippen molar-refractivity contribution in [3.05, 3.63) is 0 Å². The second-order valence-electron chi connectivity index (χ2n) is 5.97. The Balaban J connectivity index is 1.98. The molecule has 0 spiro atoms. The van der Waals surface area contributed by atoms with Crippen LogP contribution in [0.2, 0.25) is 0 Å². The summed E-state index contributed by atoms with van der Waals surface area (Å²) >= 11 is 0. The maximum atomic E-state index is 5.42. The molecule has 21 heavy (non-hydrogen) atoms. The van der Waals surface area contributed by atoms with Crippen LogP contribution in [-0.2, 0) is 0 Å². The van der Waals surface area contributed by atoms with Crippen molar-refractivity contribution in [2.24, 2.45) is 11.8 Å². The fourth-order valence-electron chi connectivity index (χ4n) is 2.88. The van der Waals surface area contributed by atoms with Gasteiger partial charge in [-0.15, -0.1) is 0 Å². The summed E-state index contributed by atoms with van der Waals surface area (Å²) in [5.41, 5.74) is 2.49. The number of nitrogens with zero attached hydrogens (tertiary/aromatic N) is 4. The fraction of sp³-hybridized carbons (Fsp3) is 0.786. The minimum atomic E-state index is 0.385. The number of nitrogens with two attached hydrogens (primary N) is 1. The molecule has 1 heterocycles. The smallest absolute Gasteiger partial charge is 0.243 e. The van der Waals surface area contributed by atoms with Crippen molar-refractivity contribution >= 4 is 17.8 Å². The van der Waals surface area contributed by atoms with Crippen molar-refractivity contribution in [3.8, 4) is 0 Å². The highest BCUT2D eigenvalue weighted by Gasteiger charge is 2.21. The first-order valence-electron chi connectivity index (χ1n) is 7.79. The number of rotatable bonds is 6. The van der Waals surface area contributed by atoms with Gasteiger partial charge < -0.3 is 10.2 Å². The Morgan fingerprint density at radius 2 is 1.76 bits per heavy atom. The van der Waals surface area contributed by atoms with Crippen LogP contribution in [0.5, 0.6) is 0 Å². The molecule has 1 fully saturated rings. The van der Waals surface area contributed by atoms with Gasteiger partial charge in [-0.3, -0.25) is 5.43 Å². The largest absolute Gasteiger partial charge is 0.351 e. The Kier molecular flexibility index (Phi) is 5.55. The lowest BCUT2D eigenvalue weighted by molar-refractivity contribution is 0.318. The third kappa shape index (κ3) is 4.42. The van der Waals surface area contributed by atoms with Crippen LogP contribution in [0.4, 0.5) is 17.8 Å². The van der Waals surface area contributed by atoms with E-state index in [0.29, 0.717) is 23.9 Å². The Morgan fingerprint density at radius 1 is 1.10 bits per heavy atom. The van der Waals surface area contributed by atoms with Gasteiger partial charge in [0.1, 0.15) is 0 Å². The lowest BCUT2D eigenvalue weighted by Crippen LogP contribution is -2.28. The van der Waals surface area contributed by atoms with Crippen LogP contribution in [0, 0.1) is 5.92 Å². The van der Waals surface area contributed by atoms with Crippen molar-refractivity contribution < 1.29 is 0 Å². The van der Waals surface area contributed by atoms with Gasteiger partial charge in [-0.25, -0.2) is 5.84 Å². The molecular formula is C14H27N7. The van der Waals surface area contributed by atoms with Gasteiger partial charge >= 0.3 is 0 Å². The molecule has 2 rings (SSSR count). The third-order valence-corrected chi connectivity index (χ3v) is 4.03. The van der Waals surface area contributed by atoms with E-state index in [1.54, 1.807) is 0 Å². The molecule has 0 amide bonds. The van der Waals surface area contributed by atoms with Crippen LogP contribution < -0.4 is 21.5 Å². The molecule has 0 bridgehead atoms. The molecule has 0 radical (unpaired) electrons. The minimum absolute atomic E-state index is 0.385. The van der Waals surface area contributed by atoms with E-state index in [4.69, 9.17) is 5.84 Å². The summed E-state index contributed by atoms with van der Waals surface area (Å²) in [5.74, 6) is 7.90. The topological polar surface area (TPSA) is 92.0 Å². The molecule has 1 aliphatic carbocycles. The predicted molar refractivity (Wildman–Crippen MR) is 86.2 cm³/mol. The van der Waals surface area contributed by atoms with Crippen LogP contribution in [0.3, 0.4) is 0 Å². The molecular weight excluding hydrogens is 266 g/mol. The van der Waals surface area contributed by atoms with Gasteiger partial charge in [0.15, 0.2) is 0 Å². The second-order valence-corrected chi connectivity index (χ2v) is 5.97. The van der Waals surface area contributed by atoms with Gasteiger partial charge in [-0.05, 0) is 31.6 Å². The first-order chi connectivity index (χ1) is 10.1. The van der Waals surface area contributed by atoms with Gasteiger partial charge in [0.05, 0.1) is 0 Å². The minimum Gasteiger partial charge on any atom is -0.351 e. The molecule has 1 aromatic heterocycles. The number of aromatic nitrogens is 3. The van der Waals surface area contributed by atoms with E-state index in [0.717, 1.165) is 5.92 Å². The number of nitrogens with one attached hydrogen (secondary N) is 2. The summed E-state index contributed by atoms with van der Waals surface area (Å²) in [4.78, 5) is 14.8. The molecule has 1 aliphatic rings. The fourth-order valence-corrected chi connectivity index (χ4v) is 2.88. The summed E-state index contributed by atoms with van der Waals surface area (Å²) in [6, 6.07) is 0.446. The van der Waals surface area contributed by atoms with E-state index in [9.17, 15) is 0 Å². The molecule has 0 unspecified atom stereocenters. The molecule has 0 atom stereocenters. The Morgan fingerprint density at radius 3 is 2.33 bits per heavy atom. The standard InChI is InChI=1S/C14H27N7/c1-4-5-10-6-8-11(9-7-10)16-12-17-13(20-15)19-14(18-12)21(2)3/h10-11H,4-9,15H2,1-3H3,(H2,16,17,18,19,20). The average Bonchev–Trinajstić information content (AvgIpc) is 2.49. The maximum absolute atomic E-state index is 5.42. The molecule has 118 valence electrons. The monoisotopic (exact) mass is 293 g/mol. The van der Waals surface area contributed by atoms with Crippen molar-refractivity contribution in [1.29, 1.82) is 0 Å². The van der Waals surface area contributed by atoms with Crippen LogP contribution in [0.1, 0.15) is 45.4 Å². The van der Waals surface area contributed by atoms with E-state index in [2.05, 4.69) is 32.6 Å². The first kappa shape index (κ1) is 15.8. The van der Waals surface area contributed by atoms with Crippen LogP contribution in [0.25, 0.3) is 0 Å². The number of nitrogen functional groups attached to an aromatic ring is 1. The van der Waals surface area contributed by atoms with Crippen LogP contribution in [-0.4, -0.2) is 35.1 Å². The SMILES string of the molecule is CCCC1CCC(Nc2nc(NN)nc(N(C)C)n2)CC1. The first-order valence-corrected chi connectivity index (χ1v) is 7.79. The molecule has 1 aromatic rings. The highest BCUT2D eigenvalue weighted by Crippen LogP contribution is 2.29. The van der Waals surface area contributed by atoms with Crippen molar-refractivity contribution in [3.63, 3.8) is 0 Å². The van der Waals surface area contributed by atoms with Crippen molar-refractivity contribution in [2.75, 3.05) is 29.7 Å². The van der Waals surface area contributed by atoms with E-state index in [1.807, 2.05) is 19.0 Å². The van der Waals surface area contributed by atoms with Crippen LogP contribution in [0.15, 0.2) is 0 Å². The lowest BCUT2D eigenvalue weighted by atomic mass is 9.83. The zero-order valence-corrected chi connectivity index (χ0v) is 13.3. The van der Waals surface area contributed by atoms with E-state index in [1.165, 1.54) is 38.5 Å². The highest BCUT2D eigenvalue weighted by molar-refractivity contribution is 5.42. The second kappa shape index (κ2) is 7.40. The lowest BCUT2D eigenvalue weighted by Gasteiger charge is -2.29. The Bertz CT molecular complexity index is 441. The number of hydrazine groups is 1. The van der Waals surface area contributed by atoms with Crippen molar-refractivity contribution in [1.82, 2.24) is 15.0 Å². The van der Waals surface area contributed by atoms with E-state index < -0.39 is 0 Å². The summed E-state index contributed by atoms with van der Waals surface area (Å²) in [6.45, 7) is 2.26. The number of anilines is 3. The zero-order valence-electron chi connectivity index (χ0n) is 13.3.